The predicted octanol–water partition coefficient (Wildman–Crippen LogP) is 3.09. The lowest BCUT2D eigenvalue weighted by Crippen LogP contribution is -2.19. The van der Waals surface area contributed by atoms with Gasteiger partial charge in [-0.1, -0.05) is 18.2 Å². The van der Waals surface area contributed by atoms with E-state index in [0.717, 1.165) is 35.7 Å². The Morgan fingerprint density at radius 2 is 2.05 bits per heavy atom. The van der Waals surface area contributed by atoms with E-state index in [1.54, 1.807) is 0 Å². The van der Waals surface area contributed by atoms with Crippen molar-refractivity contribution < 1.29 is 9.47 Å². The minimum absolute atomic E-state index is 0.189. The highest BCUT2D eigenvalue weighted by atomic mass is 16.5. The first-order valence-electron chi connectivity index (χ1n) is 7.36. The van der Waals surface area contributed by atoms with Gasteiger partial charge in [-0.25, -0.2) is 0 Å². The van der Waals surface area contributed by atoms with Crippen molar-refractivity contribution in [2.45, 2.75) is 25.9 Å². The van der Waals surface area contributed by atoms with Crippen LogP contribution in [-0.4, -0.2) is 18.2 Å². The molecule has 1 atom stereocenters. The van der Waals surface area contributed by atoms with Crippen LogP contribution in [0.15, 0.2) is 42.6 Å². The minimum Gasteiger partial charge on any atom is -0.490 e. The van der Waals surface area contributed by atoms with E-state index in [2.05, 4.69) is 23.3 Å². The molecule has 0 amide bonds. The van der Waals surface area contributed by atoms with Gasteiger partial charge in [0.2, 0.25) is 0 Å². The molecule has 4 nitrogen and oxygen atoms in total. The summed E-state index contributed by atoms with van der Waals surface area (Å²) in [6.07, 6.45) is 2.74. The SMILES string of the molecule is C[C@@H](NCc1cccc2c1OCCCO2)c1ccccn1. The Kier molecular flexibility index (Phi) is 4.36. The van der Waals surface area contributed by atoms with Crippen molar-refractivity contribution in [3.63, 3.8) is 0 Å². The van der Waals surface area contributed by atoms with E-state index in [4.69, 9.17) is 9.47 Å². The third-order valence-electron chi connectivity index (χ3n) is 3.58. The Hall–Kier alpha value is -2.07. The summed E-state index contributed by atoms with van der Waals surface area (Å²) in [6, 6.07) is 12.2. The van der Waals surface area contributed by atoms with Crippen molar-refractivity contribution in [2.75, 3.05) is 13.2 Å². The van der Waals surface area contributed by atoms with Crippen LogP contribution in [0.25, 0.3) is 0 Å². The van der Waals surface area contributed by atoms with Crippen LogP contribution in [0.3, 0.4) is 0 Å². The number of hydrogen-bond donors (Lipinski definition) is 1. The molecular weight excluding hydrogens is 264 g/mol. The number of ether oxygens (including phenoxy) is 2. The Labute approximate surface area is 125 Å². The summed E-state index contributed by atoms with van der Waals surface area (Å²) in [6.45, 7) is 4.26. The zero-order chi connectivity index (χ0) is 14.5. The topological polar surface area (TPSA) is 43.4 Å². The molecule has 0 radical (unpaired) electrons. The fourth-order valence-corrected chi connectivity index (χ4v) is 2.39. The summed E-state index contributed by atoms with van der Waals surface area (Å²) >= 11 is 0. The van der Waals surface area contributed by atoms with Crippen molar-refractivity contribution >= 4 is 0 Å². The number of benzene rings is 1. The molecule has 0 bridgehead atoms. The average Bonchev–Trinajstić information content (AvgIpc) is 2.79. The van der Waals surface area contributed by atoms with E-state index in [1.165, 1.54) is 0 Å². The van der Waals surface area contributed by atoms with Gasteiger partial charge in [-0.15, -0.1) is 0 Å². The lowest BCUT2D eigenvalue weighted by atomic mass is 10.1. The molecule has 110 valence electrons. The lowest BCUT2D eigenvalue weighted by molar-refractivity contribution is 0.295. The summed E-state index contributed by atoms with van der Waals surface area (Å²) in [5.74, 6) is 1.72. The number of hydrogen-bond acceptors (Lipinski definition) is 4. The number of nitrogens with one attached hydrogen (secondary N) is 1. The Bertz CT molecular complexity index is 587. The van der Waals surface area contributed by atoms with Crippen LogP contribution in [0.5, 0.6) is 11.5 Å². The van der Waals surface area contributed by atoms with Crippen molar-refractivity contribution in [3.8, 4) is 11.5 Å². The normalized spacial score (nSPS) is 15.3. The molecule has 1 aromatic carbocycles. The molecule has 21 heavy (non-hydrogen) atoms. The number of pyridine rings is 1. The molecule has 0 unspecified atom stereocenters. The van der Waals surface area contributed by atoms with Gasteiger partial charge in [0.1, 0.15) is 0 Å². The molecule has 1 aliphatic rings. The summed E-state index contributed by atoms with van der Waals surface area (Å²) in [5.41, 5.74) is 2.16. The van der Waals surface area contributed by atoms with Gasteiger partial charge < -0.3 is 14.8 Å². The van der Waals surface area contributed by atoms with Crippen LogP contribution in [0.1, 0.15) is 30.6 Å². The summed E-state index contributed by atoms with van der Waals surface area (Å²) in [7, 11) is 0. The summed E-state index contributed by atoms with van der Waals surface area (Å²) < 4.78 is 11.6. The number of para-hydroxylation sites is 1. The van der Waals surface area contributed by atoms with Gasteiger partial charge in [0.15, 0.2) is 11.5 Å². The van der Waals surface area contributed by atoms with E-state index in [-0.39, 0.29) is 6.04 Å². The number of nitrogens with zero attached hydrogens (tertiary/aromatic N) is 1. The third kappa shape index (κ3) is 3.34. The van der Waals surface area contributed by atoms with Crippen molar-refractivity contribution in [2.24, 2.45) is 0 Å². The summed E-state index contributed by atoms with van der Waals surface area (Å²) in [4.78, 5) is 4.37. The quantitative estimate of drug-likeness (QED) is 0.937. The van der Waals surface area contributed by atoms with E-state index in [1.807, 2.05) is 36.5 Å². The molecule has 0 saturated carbocycles. The molecule has 0 fully saturated rings. The van der Waals surface area contributed by atoms with Gasteiger partial charge in [0.05, 0.1) is 18.9 Å². The molecule has 1 N–H and O–H groups in total. The molecule has 0 saturated heterocycles. The van der Waals surface area contributed by atoms with Crippen LogP contribution < -0.4 is 14.8 Å². The first-order chi connectivity index (χ1) is 10.3. The van der Waals surface area contributed by atoms with Crippen LogP contribution in [0.2, 0.25) is 0 Å². The fourth-order valence-electron chi connectivity index (χ4n) is 2.39. The van der Waals surface area contributed by atoms with Crippen molar-refractivity contribution in [1.29, 1.82) is 0 Å². The first kappa shape index (κ1) is 13.9. The monoisotopic (exact) mass is 284 g/mol. The predicted molar refractivity (Wildman–Crippen MR) is 81.5 cm³/mol. The van der Waals surface area contributed by atoms with Gasteiger partial charge in [0, 0.05) is 30.8 Å². The van der Waals surface area contributed by atoms with Crippen LogP contribution in [-0.2, 0) is 6.54 Å². The minimum atomic E-state index is 0.189. The average molecular weight is 284 g/mol. The second-order valence-corrected chi connectivity index (χ2v) is 5.15. The van der Waals surface area contributed by atoms with Gasteiger partial charge >= 0.3 is 0 Å². The van der Waals surface area contributed by atoms with Crippen molar-refractivity contribution in [3.05, 3.63) is 53.9 Å². The van der Waals surface area contributed by atoms with Gasteiger partial charge in [-0.3, -0.25) is 4.98 Å². The van der Waals surface area contributed by atoms with E-state index < -0.39 is 0 Å². The first-order valence-corrected chi connectivity index (χ1v) is 7.36. The highest BCUT2D eigenvalue weighted by molar-refractivity contribution is 5.47. The number of fused-ring (bicyclic) bond motifs is 1. The highest BCUT2D eigenvalue weighted by Crippen LogP contribution is 2.33. The van der Waals surface area contributed by atoms with Gasteiger partial charge in [0.25, 0.3) is 0 Å². The molecular formula is C17H20N2O2. The smallest absolute Gasteiger partial charge is 0.165 e. The molecule has 2 heterocycles. The molecule has 0 aliphatic carbocycles. The third-order valence-corrected chi connectivity index (χ3v) is 3.58. The Balaban J connectivity index is 1.71. The molecule has 1 aliphatic heterocycles. The molecule has 4 heteroatoms. The van der Waals surface area contributed by atoms with Crippen LogP contribution >= 0.6 is 0 Å². The van der Waals surface area contributed by atoms with Gasteiger partial charge in [-0.05, 0) is 25.1 Å². The Morgan fingerprint density at radius 3 is 2.90 bits per heavy atom. The summed E-state index contributed by atoms with van der Waals surface area (Å²) in [5, 5.41) is 3.49. The highest BCUT2D eigenvalue weighted by Gasteiger charge is 2.15. The maximum Gasteiger partial charge on any atom is 0.165 e. The largest absolute Gasteiger partial charge is 0.490 e. The maximum absolute atomic E-state index is 5.84. The zero-order valence-corrected chi connectivity index (χ0v) is 12.2. The zero-order valence-electron chi connectivity index (χ0n) is 12.2. The van der Waals surface area contributed by atoms with E-state index >= 15 is 0 Å². The molecule has 0 spiro atoms. The second kappa shape index (κ2) is 6.59. The molecule has 2 aromatic rings. The number of rotatable bonds is 4. The second-order valence-electron chi connectivity index (χ2n) is 5.15. The maximum atomic E-state index is 5.84. The van der Waals surface area contributed by atoms with E-state index in [0.29, 0.717) is 13.2 Å². The molecule has 1 aromatic heterocycles. The lowest BCUT2D eigenvalue weighted by Gasteiger charge is -2.16. The fraction of sp³-hybridized carbons (Fsp3) is 0.353. The standard InChI is InChI=1S/C17H20N2O2/c1-13(15-7-2-3-9-18-15)19-12-14-6-4-8-16-17(14)21-11-5-10-20-16/h2-4,6-9,13,19H,5,10-12H2,1H3/t13-/m1/s1. The van der Waals surface area contributed by atoms with Crippen LogP contribution in [0.4, 0.5) is 0 Å². The van der Waals surface area contributed by atoms with Crippen molar-refractivity contribution in [1.82, 2.24) is 10.3 Å². The Morgan fingerprint density at radius 1 is 1.14 bits per heavy atom. The van der Waals surface area contributed by atoms with Gasteiger partial charge in [-0.2, -0.15) is 0 Å². The van der Waals surface area contributed by atoms with Crippen LogP contribution in [0, 0.1) is 0 Å². The number of aromatic nitrogens is 1. The molecule has 3 rings (SSSR count). The van der Waals surface area contributed by atoms with E-state index in [9.17, 15) is 0 Å².